The zero-order chi connectivity index (χ0) is 100. The predicted octanol–water partition coefficient (Wildman–Crippen LogP) is 42.9. The van der Waals surface area contributed by atoms with Crippen LogP contribution in [0.3, 0.4) is 0 Å². The largest absolute Gasteiger partial charge is 0.311 e. The minimum atomic E-state index is 0.0653. The van der Waals surface area contributed by atoms with Gasteiger partial charge in [-0.05, 0) is 188 Å². The Labute approximate surface area is 897 Å². The van der Waals surface area contributed by atoms with E-state index in [9.17, 15) is 0 Å². The number of hydrogen-bond donors (Lipinski definition) is 0. The minimum absolute atomic E-state index is 0.0653. The van der Waals surface area contributed by atoms with Gasteiger partial charge >= 0.3 is 0 Å². The molecule has 8 aromatic heterocycles. The number of thiophene rings is 8. The molecule has 4 aliphatic heterocycles. The Balaban J connectivity index is 0.000000271. The molecule has 786 valence electrons. The number of aryl methyl sites for hydroxylation is 2. The summed E-state index contributed by atoms with van der Waals surface area (Å²) in [4.78, 5) is 87.1. The van der Waals surface area contributed by atoms with E-state index in [0.29, 0.717) is 59.1 Å². The highest BCUT2D eigenvalue weighted by Gasteiger charge is 2.50. The van der Waals surface area contributed by atoms with E-state index in [4.69, 9.17) is 0 Å². The lowest BCUT2D eigenvalue weighted by Gasteiger charge is -2.29. The van der Waals surface area contributed by atoms with Gasteiger partial charge in [0.1, 0.15) is 0 Å². The number of fused-ring (bicyclic) bond motifs is 3. The highest BCUT2D eigenvalue weighted by atomic mass is 32.1. The first-order valence-corrected chi connectivity index (χ1v) is 65.3. The summed E-state index contributed by atoms with van der Waals surface area (Å²) in [6.07, 6.45) is 82.3. The Morgan fingerprint density at radius 2 is 0.366 bits per heavy atom. The number of hydrogen-bond acceptors (Lipinski definition) is 12. The van der Waals surface area contributed by atoms with Crippen LogP contribution in [0, 0.1) is 37.5 Å². The molecule has 0 saturated carbocycles. The van der Waals surface area contributed by atoms with Crippen LogP contribution in [0.25, 0.3) is 69.6 Å². The molecule has 0 aromatic carbocycles. The van der Waals surface area contributed by atoms with Crippen LogP contribution in [-0.4, -0.2) is 69.4 Å². The number of allylic oxidation sites excluding steroid dienone is 2. The van der Waals surface area contributed by atoms with Crippen molar-refractivity contribution in [1.29, 1.82) is 0 Å². The van der Waals surface area contributed by atoms with Gasteiger partial charge in [-0.15, -0.1) is 90.7 Å². The first kappa shape index (κ1) is 117. The molecule has 4 atom stereocenters. The van der Waals surface area contributed by atoms with Gasteiger partial charge in [0.15, 0.2) is 0 Å². The van der Waals surface area contributed by atoms with Crippen LogP contribution in [0.4, 0.5) is 0 Å². The van der Waals surface area contributed by atoms with Gasteiger partial charge in [-0.3, -0.25) is 19.2 Å². The van der Waals surface area contributed by atoms with Crippen molar-refractivity contribution in [3.05, 3.63) is 138 Å². The molecular weight excluding hydrogens is 1890 g/mol. The van der Waals surface area contributed by atoms with E-state index in [2.05, 4.69) is 188 Å². The zero-order valence-electron chi connectivity index (χ0n) is 91.2. The van der Waals surface area contributed by atoms with E-state index < -0.39 is 0 Å². The molecule has 0 fully saturated rings. The van der Waals surface area contributed by atoms with E-state index >= 15 is 19.2 Å². The Hall–Kier alpha value is -5.30. The molecule has 4 unspecified atom stereocenters. The van der Waals surface area contributed by atoms with E-state index in [1.54, 1.807) is 22.7 Å². The maximum atomic E-state index is 15.3. The van der Waals surface area contributed by atoms with Crippen molar-refractivity contribution in [3.8, 4) is 48.8 Å². The molecule has 16 heteroatoms. The summed E-state index contributed by atoms with van der Waals surface area (Å²) in [7, 11) is 0. The first-order chi connectivity index (χ1) is 69.5. The van der Waals surface area contributed by atoms with Crippen molar-refractivity contribution >= 4 is 135 Å². The lowest BCUT2D eigenvalue weighted by atomic mass is 9.93. The summed E-state index contributed by atoms with van der Waals surface area (Å²) >= 11 is 14.8. The molecule has 4 aliphatic rings. The Morgan fingerprint density at radius 3 is 0.592 bits per heavy atom. The van der Waals surface area contributed by atoms with Crippen LogP contribution in [0.15, 0.2) is 119 Å². The van der Waals surface area contributed by atoms with Gasteiger partial charge in [-0.1, -0.05) is 415 Å². The lowest BCUT2D eigenvalue weighted by molar-refractivity contribution is -0.125. The highest BCUT2D eigenvalue weighted by molar-refractivity contribution is 7.33. The van der Waals surface area contributed by atoms with Gasteiger partial charge in [-0.2, -0.15) is 0 Å². The first-order valence-electron chi connectivity index (χ1n) is 58.8. The predicted molar refractivity (Wildman–Crippen MR) is 631 cm³/mol. The number of nitrogens with zero attached hydrogens (tertiary/aromatic N) is 4. The molecule has 0 N–H and O–H groups in total. The van der Waals surface area contributed by atoms with Gasteiger partial charge in [0, 0.05) is 105 Å². The van der Waals surface area contributed by atoms with Gasteiger partial charge in [0.25, 0.3) is 23.6 Å². The Bertz CT molecular complexity index is 5060. The van der Waals surface area contributed by atoms with Crippen LogP contribution in [0.1, 0.15) is 500 Å². The standard InChI is InChI=1S/C64H96N2O2S4.C62H94N2O2S4/c1-7-11-15-19-23-25-29-33-36-51(35-31-27-21-17-13-9-3)47-65-50(6)60-61(64(65)68)62(66(63(60)67)48-52(37-32-28-22-18-14-10-4)38-34-30-26-24-20-16-12-8-2)59-46-45-58(72-59)57-44-43-56(71-57)55-42-41-54(70-55)53-40-39-49(5)69-53;1-7-11-15-19-23-25-29-33-36-49(35-31-27-21-17-13-9-3)45-63-48(6)58-59(62(63)66)60(53-42-41-52(68-53)55-44-57-56(70-55)43-54(69-57)51-40-39-47(5)67-51)64(61(58)65)46-50(37-32-28-22-18-14-10-4)38-34-30-26-24-20-16-12-8-2/h39-46,51-52H,7-38,47-48H2,1-6H3;39-44,49-50H,7-38,45-46H2,1-6H3. The maximum absolute atomic E-state index is 15.3. The summed E-state index contributed by atoms with van der Waals surface area (Å²) in [5.74, 6) is 2.03. The summed E-state index contributed by atoms with van der Waals surface area (Å²) in [6.45, 7) is 29.8. The van der Waals surface area contributed by atoms with Crippen molar-refractivity contribution in [2.24, 2.45) is 23.7 Å². The van der Waals surface area contributed by atoms with E-state index in [1.165, 1.54) is 447 Å². The van der Waals surface area contributed by atoms with Crippen LogP contribution < -0.4 is 0 Å². The molecule has 0 bridgehead atoms. The second kappa shape index (κ2) is 66.3. The Kier molecular flexibility index (Phi) is 54.6. The second-order valence-corrected chi connectivity index (χ2v) is 52.3. The topological polar surface area (TPSA) is 81.2 Å². The summed E-state index contributed by atoms with van der Waals surface area (Å²) in [5.41, 5.74) is 6.34. The smallest absolute Gasteiger partial charge is 0.261 e. The van der Waals surface area contributed by atoms with Gasteiger partial charge in [-0.25, -0.2) is 0 Å². The molecule has 142 heavy (non-hydrogen) atoms. The number of amides is 4. The van der Waals surface area contributed by atoms with Crippen molar-refractivity contribution in [2.45, 2.75) is 494 Å². The third-order valence-corrected chi connectivity index (χ3v) is 40.8. The zero-order valence-corrected chi connectivity index (χ0v) is 97.7. The molecule has 8 nitrogen and oxygen atoms in total. The molecule has 0 radical (unpaired) electrons. The molecule has 8 aromatic rings. The second-order valence-electron chi connectivity index (χ2n) is 43.2. The number of rotatable bonds is 79. The van der Waals surface area contributed by atoms with Crippen LogP contribution in [0.5, 0.6) is 0 Å². The van der Waals surface area contributed by atoms with Gasteiger partial charge < -0.3 is 19.6 Å². The average Bonchev–Trinajstić information content (AvgIpc) is 1.56. The third-order valence-electron chi connectivity index (χ3n) is 31.2. The third kappa shape index (κ3) is 36.5. The van der Waals surface area contributed by atoms with Crippen LogP contribution in [0.2, 0.25) is 0 Å². The van der Waals surface area contributed by atoms with E-state index in [-0.39, 0.29) is 23.6 Å². The van der Waals surface area contributed by atoms with Gasteiger partial charge in [0.05, 0.1) is 43.4 Å². The fourth-order valence-electron chi connectivity index (χ4n) is 22.5. The van der Waals surface area contributed by atoms with E-state index in [1.807, 2.05) is 68.0 Å². The quantitative estimate of drug-likeness (QED) is 0.0356. The molecular formula is C126H190N4O4S8. The lowest BCUT2D eigenvalue weighted by Crippen LogP contribution is -2.34. The highest BCUT2D eigenvalue weighted by Crippen LogP contribution is 2.53. The molecule has 0 spiro atoms. The van der Waals surface area contributed by atoms with Crippen LogP contribution in [-0.2, 0) is 19.2 Å². The summed E-state index contributed by atoms with van der Waals surface area (Å²) < 4.78 is 2.67. The minimum Gasteiger partial charge on any atom is -0.311 e. The normalized spacial score (nSPS) is 14.9. The summed E-state index contributed by atoms with van der Waals surface area (Å²) in [6, 6.07) is 31.7. The van der Waals surface area contributed by atoms with Crippen molar-refractivity contribution in [2.75, 3.05) is 26.2 Å². The summed E-state index contributed by atoms with van der Waals surface area (Å²) in [5, 5.41) is 0. The SMILES string of the molecule is CCCCCCCCCCC(CCCCCCCC)CN1C(=O)C2=C(c3ccc(-c4cc5sc(-c6ccc(C)s6)cc5s4)s3)N(CC(CCCCCCCC)CCCCCCCCCC)C(=O)C2=C1C.CCCCCCCCCCC(CCCCCCCC)CN1C(=O)C2=C(c3ccc(-c4ccc(-c5ccc(-c6ccc(C)s6)s5)s4)s3)N(CC(CCCCCCCC)CCCCCCCCCC)C(=O)C2=C1C. The number of carbonyl (C=O) groups is 4. The number of unbranched alkanes of at least 4 members (excludes halogenated alkanes) is 48. The van der Waals surface area contributed by atoms with Crippen LogP contribution >= 0.6 is 90.7 Å². The van der Waals surface area contributed by atoms with Crippen molar-refractivity contribution in [3.63, 3.8) is 0 Å². The van der Waals surface area contributed by atoms with E-state index in [0.717, 1.165) is 77.7 Å². The molecule has 0 aliphatic carbocycles. The monoisotopic (exact) mass is 2080 g/mol. The average molecular weight is 2080 g/mol. The molecule has 12 rings (SSSR count). The Morgan fingerprint density at radius 1 is 0.190 bits per heavy atom. The molecule has 4 amide bonds. The fraction of sp³-hybridized carbons (Fsp3) is 0.667. The van der Waals surface area contributed by atoms with Crippen molar-refractivity contribution in [1.82, 2.24) is 19.6 Å². The van der Waals surface area contributed by atoms with Crippen molar-refractivity contribution < 1.29 is 19.2 Å². The molecule has 0 saturated heterocycles. The molecule has 12 heterocycles. The van der Waals surface area contributed by atoms with Gasteiger partial charge in [0.2, 0.25) is 0 Å². The fourth-order valence-corrected chi connectivity index (χ4v) is 31.2. The maximum Gasteiger partial charge on any atom is 0.261 e. The number of carbonyl (C=O) groups excluding carboxylic acids is 4.